The molecule has 2 nitrogen and oxygen atoms in total. The van der Waals surface area contributed by atoms with Gasteiger partial charge in [-0.15, -0.1) is 0 Å². The highest BCUT2D eigenvalue weighted by Gasteiger charge is 2.08. The molecule has 0 bridgehead atoms. The Bertz CT molecular complexity index is 389. The third-order valence-corrected chi connectivity index (χ3v) is 3.49. The number of benzene rings is 1. The maximum atomic E-state index is 13.6. The normalized spacial score (nSPS) is 12.1. The van der Waals surface area contributed by atoms with E-state index in [1.54, 1.807) is 23.9 Å². The van der Waals surface area contributed by atoms with Crippen molar-refractivity contribution in [3.05, 3.63) is 35.1 Å². The van der Waals surface area contributed by atoms with Crippen molar-refractivity contribution in [2.45, 2.75) is 12.7 Å². The molecule has 1 rings (SSSR count). The van der Waals surface area contributed by atoms with Crippen LogP contribution in [0.25, 0.3) is 0 Å². The SMILES string of the molecule is CC(CO)CSCc1cccc(C#N)c1F. The first kappa shape index (κ1) is 13.0. The fourth-order valence-corrected chi connectivity index (χ4v) is 2.27. The molecule has 1 atom stereocenters. The van der Waals surface area contributed by atoms with E-state index < -0.39 is 5.82 Å². The molecular weight excluding hydrogens is 225 g/mol. The standard InChI is InChI=1S/C12H14FNOS/c1-9(6-15)7-16-8-11-4-2-3-10(5-14)12(11)13/h2-4,9,15H,6-8H2,1H3. The van der Waals surface area contributed by atoms with Crippen LogP contribution in [-0.2, 0) is 5.75 Å². The number of rotatable bonds is 5. The number of nitriles is 1. The van der Waals surface area contributed by atoms with Gasteiger partial charge in [0.2, 0.25) is 0 Å². The highest BCUT2D eigenvalue weighted by atomic mass is 32.2. The van der Waals surface area contributed by atoms with Gasteiger partial charge in [-0.05, 0) is 23.3 Å². The molecule has 1 unspecified atom stereocenters. The summed E-state index contributed by atoms with van der Waals surface area (Å²) in [5, 5.41) is 17.5. The van der Waals surface area contributed by atoms with Crippen LogP contribution < -0.4 is 0 Å². The van der Waals surface area contributed by atoms with Crippen molar-refractivity contribution in [3.63, 3.8) is 0 Å². The van der Waals surface area contributed by atoms with Gasteiger partial charge in [0.1, 0.15) is 11.9 Å². The minimum Gasteiger partial charge on any atom is -0.396 e. The average molecular weight is 239 g/mol. The fraction of sp³-hybridized carbons (Fsp3) is 0.417. The van der Waals surface area contributed by atoms with Crippen molar-refractivity contribution in [1.29, 1.82) is 5.26 Å². The number of aliphatic hydroxyl groups excluding tert-OH is 1. The minimum atomic E-state index is -0.422. The van der Waals surface area contributed by atoms with Crippen molar-refractivity contribution in [2.75, 3.05) is 12.4 Å². The Balaban J connectivity index is 2.58. The van der Waals surface area contributed by atoms with E-state index >= 15 is 0 Å². The van der Waals surface area contributed by atoms with Crippen LogP contribution in [0, 0.1) is 23.1 Å². The molecule has 0 aliphatic rings. The lowest BCUT2D eigenvalue weighted by Gasteiger charge is -2.08. The Labute approximate surface area is 99.1 Å². The van der Waals surface area contributed by atoms with Crippen molar-refractivity contribution in [1.82, 2.24) is 0 Å². The van der Waals surface area contributed by atoms with Crippen LogP contribution in [0.4, 0.5) is 4.39 Å². The number of hydrogen-bond acceptors (Lipinski definition) is 3. The summed E-state index contributed by atoms with van der Waals surface area (Å²) in [5.41, 5.74) is 0.641. The first-order valence-electron chi connectivity index (χ1n) is 5.05. The van der Waals surface area contributed by atoms with Gasteiger partial charge in [0.15, 0.2) is 0 Å². The Morgan fingerprint density at radius 3 is 2.94 bits per heavy atom. The van der Waals surface area contributed by atoms with Crippen molar-refractivity contribution in [3.8, 4) is 6.07 Å². The summed E-state index contributed by atoms with van der Waals surface area (Å²) >= 11 is 1.56. The summed E-state index contributed by atoms with van der Waals surface area (Å²) in [6, 6.07) is 6.67. The maximum absolute atomic E-state index is 13.6. The summed E-state index contributed by atoms with van der Waals surface area (Å²) in [7, 11) is 0. The molecule has 0 saturated heterocycles. The van der Waals surface area contributed by atoms with Crippen LogP contribution in [0.5, 0.6) is 0 Å². The Morgan fingerprint density at radius 2 is 2.31 bits per heavy atom. The maximum Gasteiger partial charge on any atom is 0.144 e. The lowest BCUT2D eigenvalue weighted by Crippen LogP contribution is -2.04. The second kappa shape index (κ2) is 6.51. The summed E-state index contributed by atoms with van der Waals surface area (Å²) < 4.78 is 13.6. The largest absolute Gasteiger partial charge is 0.396 e. The van der Waals surface area contributed by atoms with Crippen LogP contribution in [0.15, 0.2) is 18.2 Å². The van der Waals surface area contributed by atoms with Crippen molar-refractivity contribution in [2.24, 2.45) is 5.92 Å². The zero-order valence-electron chi connectivity index (χ0n) is 9.11. The minimum absolute atomic E-state index is 0.0910. The fourth-order valence-electron chi connectivity index (χ4n) is 1.20. The topological polar surface area (TPSA) is 44.0 Å². The van der Waals surface area contributed by atoms with Gasteiger partial charge in [-0.2, -0.15) is 17.0 Å². The number of thioether (sulfide) groups is 1. The predicted octanol–water partition coefficient (Wildman–Crippen LogP) is 2.56. The monoisotopic (exact) mass is 239 g/mol. The quantitative estimate of drug-likeness (QED) is 0.858. The average Bonchev–Trinajstić information content (AvgIpc) is 2.31. The molecule has 0 radical (unpaired) electrons. The lowest BCUT2D eigenvalue weighted by molar-refractivity contribution is 0.250. The summed E-state index contributed by atoms with van der Waals surface area (Å²) in [5.74, 6) is 1.11. The Morgan fingerprint density at radius 1 is 1.56 bits per heavy atom. The number of hydrogen-bond donors (Lipinski definition) is 1. The van der Waals surface area contributed by atoms with Gasteiger partial charge in [-0.1, -0.05) is 19.1 Å². The zero-order chi connectivity index (χ0) is 12.0. The van der Waals surface area contributed by atoms with Gasteiger partial charge in [0.05, 0.1) is 5.56 Å². The number of halogens is 1. The first-order valence-corrected chi connectivity index (χ1v) is 6.20. The molecule has 0 amide bonds. The highest BCUT2D eigenvalue weighted by Crippen LogP contribution is 2.19. The van der Waals surface area contributed by atoms with Gasteiger partial charge in [-0.3, -0.25) is 0 Å². The molecule has 1 aromatic rings. The smallest absolute Gasteiger partial charge is 0.144 e. The van der Waals surface area contributed by atoms with Gasteiger partial charge in [-0.25, -0.2) is 4.39 Å². The molecule has 0 saturated carbocycles. The van der Waals surface area contributed by atoms with Crippen molar-refractivity contribution < 1.29 is 9.50 Å². The van der Waals surface area contributed by atoms with Gasteiger partial charge in [0.25, 0.3) is 0 Å². The third kappa shape index (κ3) is 3.51. The van der Waals surface area contributed by atoms with Crippen LogP contribution in [0.1, 0.15) is 18.1 Å². The molecule has 0 heterocycles. The van der Waals surface area contributed by atoms with E-state index in [2.05, 4.69) is 0 Å². The molecule has 1 aromatic carbocycles. The van der Waals surface area contributed by atoms with Crippen molar-refractivity contribution >= 4 is 11.8 Å². The molecular formula is C12H14FNOS. The second-order valence-corrected chi connectivity index (χ2v) is 4.72. The molecule has 86 valence electrons. The van der Waals surface area contributed by atoms with Crippen LogP contribution in [0.3, 0.4) is 0 Å². The van der Waals surface area contributed by atoms with E-state index in [9.17, 15) is 4.39 Å². The lowest BCUT2D eigenvalue weighted by atomic mass is 10.1. The summed E-state index contributed by atoms with van der Waals surface area (Å²) in [6.07, 6.45) is 0. The van der Waals surface area contributed by atoms with Crippen LogP contribution in [-0.4, -0.2) is 17.5 Å². The van der Waals surface area contributed by atoms with Gasteiger partial charge >= 0.3 is 0 Å². The molecule has 16 heavy (non-hydrogen) atoms. The molecule has 0 spiro atoms. The van der Waals surface area contributed by atoms with E-state index in [-0.39, 0.29) is 18.1 Å². The van der Waals surface area contributed by atoms with E-state index in [1.165, 1.54) is 6.07 Å². The van der Waals surface area contributed by atoms with E-state index in [0.29, 0.717) is 11.3 Å². The zero-order valence-corrected chi connectivity index (χ0v) is 9.93. The molecule has 1 N–H and O–H groups in total. The third-order valence-electron chi connectivity index (χ3n) is 2.17. The van der Waals surface area contributed by atoms with Gasteiger partial charge < -0.3 is 5.11 Å². The van der Waals surface area contributed by atoms with Gasteiger partial charge in [0, 0.05) is 12.4 Å². The second-order valence-electron chi connectivity index (χ2n) is 3.69. The predicted molar refractivity (Wildman–Crippen MR) is 63.5 cm³/mol. The Kier molecular flexibility index (Phi) is 5.30. The van der Waals surface area contributed by atoms with E-state index in [1.807, 2.05) is 13.0 Å². The number of aliphatic hydroxyl groups is 1. The van der Waals surface area contributed by atoms with E-state index in [4.69, 9.17) is 10.4 Å². The molecule has 0 aliphatic heterocycles. The molecule has 4 heteroatoms. The number of nitrogens with zero attached hydrogens (tertiary/aromatic N) is 1. The van der Waals surface area contributed by atoms with E-state index in [0.717, 1.165) is 5.75 Å². The van der Waals surface area contributed by atoms with Crippen LogP contribution in [0.2, 0.25) is 0 Å². The summed E-state index contributed by atoms with van der Waals surface area (Å²) in [6.45, 7) is 2.09. The first-order chi connectivity index (χ1) is 7.69. The molecule has 0 aromatic heterocycles. The Hall–Kier alpha value is -1.05. The summed E-state index contributed by atoms with van der Waals surface area (Å²) in [4.78, 5) is 0. The molecule has 0 fully saturated rings. The molecule has 0 aliphatic carbocycles. The highest BCUT2D eigenvalue weighted by molar-refractivity contribution is 7.98. The van der Waals surface area contributed by atoms with Crippen LogP contribution >= 0.6 is 11.8 Å².